The summed E-state index contributed by atoms with van der Waals surface area (Å²) < 4.78 is 0. The van der Waals surface area contributed by atoms with Crippen LogP contribution in [-0.4, -0.2) is 62.7 Å². The quantitative estimate of drug-likeness (QED) is 0.619. The SMILES string of the molecule is C=CCN(C)CC1CN(C)CCN1. The van der Waals surface area contributed by atoms with E-state index in [2.05, 4.69) is 35.8 Å². The maximum Gasteiger partial charge on any atom is 0.0323 e. The molecule has 0 aromatic heterocycles. The van der Waals surface area contributed by atoms with Crippen molar-refractivity contribution in [3.05, 3.63) is 12.7 Å². The van der Waals surface area contributed by atoms with E-state index >= 15 is 0 Å². The van der Waals surface area contributed by atoms with Gasteiger partial charge in [-0.1, -0.05) is 6.08 Å². The normalized spacial score (nSPS) is 25.0. The highest BCUT2D eigenvalue weighted by Crippen LogP contribution is 1.97. The molecule has 0 spiro atoms. The molecule has 0 bridgehead atoms. The smallest absolute Gasteiger partial charge is 0.0323 e. The van der Waals surface area contributed by atoms with Gasteiger partial charge in [-0.3, -0.25) is 0 Å². The molecule has 1 fully saturated rings. The second-order valence-electron chi connectivity index (χ2n) is 3.92. The molecule has 1 atom stereocenters. The van der Waals surface area contributed by atoms with Crippen LogP contribution in [0.25, 0.3) is 0 Å². The monoisotopic (exact) mass is 183 g/mol. The highest BCUT2D eigenvalue weighted by Gasteiger charge is 2.16. The number of likely N-dealkylation sites (N-methyl/N-ethyl adjacent to an activating group) is 2. The largest absolute Gasteiger partial charge is 0.310 e. The first-order valence-electron chi connectivity index (χ1n) is 4.93. The van der Waals surface area contributed by atoms with Crippen molar-refractivity contribution >= 4 is 0 Å². The van der Waals surface area contributed by atoms with Gasteiger partial charge in [0.05, 0.1) is 0 Å². The average molecular weight is 183 g/mol. The molecule has 3 nitrogen and oxygen atoms in total. The third kappa shape index (κ3) is 3.89. The van der Waals surface area contributed by atoms with Crippen LogP contribution in [-0.2, 0) is 0 Å². The Morgan fingerprint density at radius 3 is 3.08 bits per heavy atom. The Morgan fingerprint density at radius 1 is 1.69 bits per heavy atom. The van der Waals surface area contributed by atoms with Crippen molar-refractivity contribution in [2.75, 3.05) is 46.8 Å². The van der Waals surface area contributed by atoms with Gasteiger partial charge >= 0.3 is 0 Å². The van der Waals surface area contributed by atoms with Crippen LogP contribution in [0, 0.1) is 0 Å². The molecule has 1 unspecified atom stereocenters. The van der Waals surface area contributed by atoms with Gasteiger partial charge in [-0.25, -0.2) is 0 Å². The van der Waals surface area contributed by atoms with Crippen LogP contribution >= 0.6 is 0 Å². The molecule has 1 aliphatic heterocycles. The minimum Gasteiger partial charge on any atom is -0.310 e. The van der Waals surface area contributed by atoms with Crippen LogP contribution in [0.4, 0.5) is 0 Å². The van der Waals surface area contributed by atoms with Gasteiger partial charge in [0.2, 0.25) is 0 Å². The second kappa shape index (κ2) is 5.37. The van der Waals surface area contributed by atoms with E-state index < -0.39 is 0 Å². The number of piperazine rings is 1. The summed E-state index contributed by atoms with van der Waals surface area (Å²) in [5.74, 6) is 0. The summed E-state index contributed by atoms with van der Waals surface area (Å²) in [6, 6.07) is 0.615. The van der Waals surface area contributed by atoms with Crippen LogP contribution in [0.1, 0.15) is 0 Å². The number of nitrogens with zero attached hydrogens (tertiary/aromatic N) is 2. The first kappa shape index (κ1) is 10.7. The number of hydrogen-bond acceptors (Lipinski definition) is 3. The van der Waals surface area contributed by atoms with Gasteiger partial charge in [0, 0.05) is 38.8 Å². The predicted molar refractivity (Wildman–Crippen MR) is 57.0 cm³/mol. The van der Waals surface area contributed by atoms with E-state index in [4.69, 9.17) is 0 Å². The van der Waals surface area contributed by atoms with Crippen molar-refractivity contribution in [3.8, 4) is 0 Å². The minimum absolute atomic E-state index is 0.615. The Labute approximate surface area is 81.4 Å². The van der Waals surface area contributed by atoms with E-state index in [-0.39, 0.29) is 0 Å². The lowest BCUT2D eigenvalue weighted by atomic mass is 10.2. The molecule has 1 saturated heterocycles. The first-order chi connectivity index (χ1) is 6.22. The lowest BCUT2D eigenvalue weighted by molar-refractivity contribution is 0.202. The third-order valence-electron chi connectivity index (χ3n) is 2.43. The maximum absolute atomic E-state index is 3.74. The van der Waals surface area contributed by atoms with Crippen LogP contribution < -0.4 is 5.32 Å². The topological polar surface area (TPSA) is 18.5 Å². The van der Waals surface area contributed by atoms with Crippen LogP contribution in [0.2, 0.25) is 0 Å². The van der Waals surface area contributed by atoms with Gasteiger partial charge in [0.15, 0.2) is 0 Å². The predicted octanol–water partition coefficient (Wildman–Crippen LogP) is 0.00780. The van der Waals surface area contributed by atoms with Crippen molar-refractivity contribution in [2.45, 2.75) is 6.04 Å². The van der Waals surface area contributed by atoms with Crippen molar-refractivity contribution in [1.82, 2.24) is 15.1 Å². The third-order valence-corrected chi connectivity index (χ3v) is 2.43. The van der Waals surface area contributed by atoms with Gasteiger partial charge in [-0.15, -0.1) is 6.58 Å². The number of rotatable bonds is 4. The Kier molecular flexibility index (Phi) is 4.42. The van der Waals surface area contributed by atoms with Crippen molar-refractivity contribution in [3.63, 3.8) is 0 Å². The van der Waals surface area contributed by atoms with Crippen molar-refractivity contribution < 1.29 is 0 Å². The fourth-order valence-electron chi connectivity index (χ4n) is 1.79. The zero-order valence-electron chi connectivity index (χ0n) is 8.79. The molecular formula is C10H21N3. The van der Waals surface area contributed by atoms with Gasteiger partial charge in [0.25, 0.3) is 0 Å². The van der Waals surface area contributed by atoms with E-state index in [1.165, 1.54) is 6.54 Å². The van der Waals surface area contributed by atoms with Crippen molar-refractivity contribution in [1.29, 1.82) is 0 Å². The summed E-state index contributed by atoms with van der Waals surface area (Å²) >= 11 is 0. The van der Waals surface area contributed by atoms with Gasteiger partial charge in [-0.2, -0.15) is 0 Å². The Balaban J connectivity index is 2.22. The fourth-order valence-corrected chi connectivity index (χ4v) is 1.79. The number of nitrogens with one attached hydrogen (secondary N) is 1. The van der Waals surface area contributed by atoms with Crippen LogP contribution in [0.3, 0.4) is 0 Å². The molecule has 0 aliphatic carbocycles. The van der Waals surface area contributed by atoms with Crippen molar-refractivity contribution in [2.24, 2.45) is 0 Å². The lowest BCUT2D eigenvalue weighted by Gasteiger charge is -2.33. The molecule has 0 saturated carbocycles. The fraction of sp³-hybridized carbons (Fsp3) is 0.800. The van der Waals surface area contributed by atoms with Gasteiger partial charge in [0.1, 0.15) is 0 Å². The zero-order valence-corrected chi connectivity index (χ0v) is 8.79. The minimum atomic E-state index is 0.615. The van der Waals surface area contributed by atoms with E-state index in [1.807, 2.05) is 6.08 Å². The Morgan fingerprint density at radius 2 is 2.46 bits per heavy atom. The second-order valence-corrected chi connectivity index (χ2v) is 3.92. The van der Waals surface area contributed by atoms with E-state index in [0.29, 0.717) is 6.04 Å². The Hall–Kier alpha value is -0.380. The molecule has 1 heterocycles. The lowest BCUT2D eigenvalue weighted by Crippen LogP contribution is -2.53. The maximum atomic E-state index is 3.74. The summed E-state index contributed by atoms with van der Waals surface area (Å²) in [4.78, 5) is 4.67. The standard InChI is InChI=1S/C10H21N3/c1-4-6-12(2)8-10-9-13(3)7-5-11-10/h4,10-11H,1,5-9H2,2-3H3. The van der Waals surface area contributed by atoms with E-state index in [1.54, 1.807) is 0 Å². The molecule has 13 heavy (non-hydrogen) atoms. The molecule has 0 amide bonds. The van der Waals surface area contributed by atoms with E-state index in [9.17, 15) is 0 Å². The molecular weight excluding hydrogens is 162 g/mol. The summed E-state index contributed by atoms with van der Waals surface area (Å²) in [5, 5.41) is 3.52. The highest BCUT2D eigenvalue weighted by molar-refractivity contribution is 4.81. The van der Waals surface area contributed by atoms with Crippen LogP contribution in [0.5, 0.6) is 0 Å². The molecule has 76 valence electrons. The molecule has 0 radical (unpaired) electrons. The highest BCUT2D eigenvalue weighted by atomic mass is 15.2. The summed E-state index contributed by atoms with van der Waals surface area (Å²) in [6.07, 6.45) is 1.95. The van der Waals surface area contributed by atoms with Crippen LogP contribution in [0.15, 0.2) is 12.7 Å². The van der Waals surface area contributed by atoms with Gasteiger partial charge < -0.3 is 15.1 Å². The first-order valence-corrected chi connectivity index (χ1v) is 4.93. The summed E-state index contributed by atoms with van der Waals surface area (Å²) in [6.45, 7) is 9.25. The van der Waals surface area contributed by atoms with Gasteiger partial charge in [-0.05, 0) is 14.1 Å². The number of hydrogen-bond donors (Lipinski definition) is 1. The average Bonchev–Trinajstić information content (AvgIpc) is 2.04. The zero-order chi connectivity index (χ0) is 9.68. The molecule has 1 rings (SSSR count). The summed E-state index contributed by atoms with van der Waals surface area (Å²) in [7, 11) is 4.32. The Bertz CT molecular complexity index is 158. The summed E-state index contributed by atoms with van der Waals surface area (Å²) in [5.41, 5.74) is 0. The molecule has 3 heteroatoms. The molecule has 1 N–H and O–H groups in total. The molecule has 0 aromatic rings. The molecule has 1 aliphatic rings. The molecule has 0 aromatic carbocycles. The van der Waals surface area contributed by atoms with E-state index in [0.717, 1.165) is 26.2 Å².